The fraction of sp³-hybridized carbons (Fsp3) is 0.524. The van der Waals surface area contributed by atoms with Gasteiger partial charge in [-0.25, -0.2) is 32.6 Å². The van der Waals surface area contributed by atoms with Crippen LogP contribution in [0.3, 0.4) is 0 Å². The Morgan fingerprint density at radius 2 is 1.82 bits per heavy atom. The largest absolute Gasteiger partial charge is 0.378 e. The smallest absolute Gasteiger partial charge is 0.259 e. The van der Waals surface area contributed by atoms with Crippen LogP contribution in [0.4, 0.5) is 11.8 Å². The maximum atomic E-state index is 11.9. The SMILES string of the molecule is Cc1c(CN2CCN(S(C)(=O)=O)CC2)sc2c(N3CCOCC3)nc(-c3cnc(N=[SH](=O)ON)nc3)nc12. The van der Waals surface area contributed by atoms with Crippen molar-refractivity contribution >= 4 is 54.2 Å². The fourth-order valence-corrected chi connectivity index (χ4v) is 6.82. The first kappa shape index (κ1) is 27.2. The summed E-state index contributed by atoms with van der Waals surface area (Å²) in [5.41, 5.74) is 2.52. The topological polar surface area (TPSA) is 169 Å². The third-order valence-electron chi connectivity index (χ3n) is 6.48. The Morgan fingerprint density at radius 3 is 2.45 bits per heavy atom. The number of aromatic nitrogens is 4. The quantitative estimate of drug-likeness (QED) is 0.292. The molecular weight excluding hydrogens is 554 g/mol. The lowest BCUT2D eigenvalue weighted by Gasteiger charge is -2.33. The van der Waals surface area contributed by atoms with Crippen LogP contribution in [0.5, 0.6) is 0 Å². The van der Waals surface area contributed by atoms with Crippen LogP contribution >= 0.6 is 11.3 Å². The molecule has 3 aromatic heterocycles. The lowest BCUT2D eigenvalue weighted by molar-refractivity contribution is 0.122. The minimum Gasteiger partial charge on any atom is -0.378 e. The predicted molar refractivity (Wildman–Crippen MR) is 145 cm³/mol. The molecule has 5 rings (SSSR count). The Bertz CT molecular complexity index is 1490. The number of thiophene rings is 1. The van der Waals surface area contributed by atoms with Crippen LogP contribution in [-0.2, 0) is 36.5 Å². The van der Waals surface area contributed by atoms with Crippen molar-refractivity contribution in [3.05, 3.63) is 22.8 Å². The highest BCUT2D eigenvalue weighted by molar-refractivity contribution is 7.88. The van der Waals surface area contributed by atoms with Gasteiger partial charge in [0.05, 0.1) is 35.2 Å². The second-order valence-corrected chi connectivity index (χ2v) is 12.9. The van der Waals surface area contributed by atoms with E-state index in [4.69, 9.17) is 20.6 Å². The van der Waals surface area contributed by atoms with Crippen LogP contribution in [-0.4, -0.2) is 101 Å². The number of aryl methyl sites for hydroxylation is 1. The summed E-state index contributed by atoms with van der Waals surface area (Å²) >= 11 is 1.67. The summed E-state index contributed by atoms with van der Waals surface area (Å²) < 4.78 is 51.1. The molecule has 0 aromatic carbocycles. The van der Waals surface area contributed by atoms with Crippen LogP contribution in [0, 0.1) is 6.92 Å². The second-order valence-electron chi connectivity index (χ2n) is 8.95. The molecule has 206 valence electrons. The molecule has 1 atom stereocenters. The van der Waals surface area contributed by atoms with Crippen molar-refractivity contribution in [3.63, 3.8) is 0 Å². The molecule has 2 saturated heterocycles. The molecule has 0 spiro atoms. The molecule has 0 radical (unpaired) electrons. The number of piperazine rings is 1. The molecule has 0 amide bonds. The number of hydrogen-bond acceptors (Lipinski definition) is 14. The second kappa shape index (κ2) is 11.4. The molecule has 0 saturated carbocycles. The van der Waals surface area contributed by atoms with E-state index in [2.05, 4.69) is 35.3 Å². The van der Waals surface area contributed by atoms with E-state index in [-0.39, 0.29) is 5.95 Å². The van der Waals surface area contributed by atoms with Gasteiger partial charge < -0.3 is 9.64 Å². The molecule has 5 heterocycles. The van der Waals surface area contributed by atoms with Crippen molar-refractivity contribution in [1.29, 1.82) is 0 Å². The van der Waals surface area contributed by atoms with Gasteiger partial charge in [-0.2, -0.15) is 14.5 Å². The van der Waals surface area contributed by atoms with Gasteiger partial charge >= 0.3 is 0 Å². The highest BCUT2D eigenvalue weighted by Crippen LogP contribution is 2.38. The van der Waals surface area contributed by atoms with Crippen LogP contribution in [0.2, 0.25) is 0 Å². The molecule has 38 heavy (non-hydrogen) atoms. The van der Waals surface area contributed by atoms with Crippen LogP contribution < -0.4 is 10.8 Å². The van der Waals surface area contributed by atoms with E-state index >= 15 is 0 Å². The number of thiol groups is 1. The summed E-state index contributed by atoms with van der Waals surface area (Å²) in [5, 5.41) is 0. The number of nitrogens with two attached hydrogens (primary N) is 1. The summed E-state index contributed by atoms with van der Waals surface area (Å²) in [6.07, 6.45) is 4.31. The molecule has 2 fully saturated rings. The van der Waals surface area contributed by atoms with Gasteiger partial charge in [-0.15, -0.1) is 15.7 Å². The third-order valence-corrected chi connectivity index (χ3v) is 9.57. The standard InChI is InChI=1S/C21H29N9O5S3/c1-14-16(13-28-3-5-30(6-4-28)38(2,32)33)36-18-17(14)25-19(26-20(18)29-7-9-34-10-8-29)15-11-23-21(24-12-15)27-37(31)35-22/h11-12,37H,3-10,13,22H2,1-2H3. The highest BCUT2D eigenvalue weighted by Gasteiger charge is 2.26. The first-order valence-corrected chi connectivity index (χ1v) is 15.7. The van der Waals surface area contributed by atoms with Crippen molar-refractivity contribution in [3.8, 4) is 11.4 Å². The minimum atomic E-state index is -3.18. The number of sulfonamides is 1. The van der Waals surface area contributed by atoms with Gasteiger partial charge in [0.25, 0.3) is 5.95 Å². The molecule has 0 bridgehead atoms. The fourth-order valence-electron chi connectivity index (χ4n) is 4.40. The Morgan fingerprint density at radius 1 is 1.13 bits per heavy atom. The van der Waals surface area contributed by atoms with E-state index in [9.17, 15) is 12.6 Å². The van der Waals surface area contributed by atoms with E-state index in [0.717, 1.165) is 21.6 Å². The zero-order valence-electron chi connectivity index (χ0n) is 21.0. The summed E-state index contributed by atoms with van der Waals surface area (Å²) in [4.78, 5) is 23.7. The van der Waals surface area contributed by atoms with E-state index in [1.54, 1.807) is 11.3 Å². The Hall–Kier alpha value is -2.38. The van der Waals surface area contributed by atoms with Crippen molar-refractivity contribution < 1.29 is 21.6 Å². The number of hydrogen-bond donors (Lipinski definition) is 2. The van der Waals surface area contributed by atoms with E-state index in [1.165, 1.54) is 27.8 Å². The first-order chi connectivity index (χ1) is 18.2. The molecule has 2 N–H and O–H groups in total. The van der Waals surface area contributed by atoms with Gasteiger partial charge in [-0.1, -0.05) is 0 Å². The van der Waals surface area contributed by atoms with Gasteiger partial charge in [-0.05, 0) is 12.5 Å². The molecule has 2 aliphatic rings. The minimum absolute atomic E-state index is 0.0141. The van der Waals surface area contributed by atoms with Crippen LogP contribution in [0.25, 0.3) is 21.6 Å². The lowest BCUT2D eigenvalue weighted by atomic mass is 10.2. The number of fused-ring (bicyclic) bond motifs is 1. The molecule has 1 unspecified atom stereocenters. The summed E-state index contributed by atoms with van der Waals surface area (Å²) in [6.45, 7) is 7.74. The third kappa shape index (κ3) is 5.94. The van der Waals surface area contributed by atoms with Crippen LogP contribution in [0.15, 0.2) is 16.8 Å². The summed E-state index contributed by atoms with van der Waals surface area (Å²) in [7, 11) is -5.61. The molecule has 3 aromatic rings. The lowest BCUT2D eigenvalue weighted by Crippen LogP contribution is -2.47. The zero-order valence-corrected chi connectivity index (χ0v) is 23.5. The zero-order chi connectivity index (χ0) is 26.9. The van der Waals surface area contributed by atoms with E-state index in [1.807, 2.05) is 0 Å². The molecule has 2 aliphatic heterocycles. The Balaban J connectivity index is 1.48. The van der Waals surface area contributed by atoms with Crippen molar-refractivity contribution in [2.24, 2.45) is 10.3 Å². The van der Waals surface area contributed by atoms with Crippen molar-refractivity contribution in [2.75, 3.05) is 63.6 Å². The van der Waals surface area contributed by atoms with Gasteiger partial charge in [0.15, 0.2) is 22.5 Å². The monoisotopic (exact) mass is 583 g/mol. The summed E-state index contributed by atoms with van der Waals surface area (Å²) in [5.74, 6) is 6.18. The maximum absolute atomic E-state index is 11.9. The predicted octanol–water partition coefficient (Wildman–Crippen LogP) is 0.472. The normalized spacial score (nSPS) is 18.9. The number of nitrogens with zero attached hydrogens (tertiary/aromatic N) is 8. The number of rotatable bonds is 7. The number of ether oxygens (including phenoxy) is 1. The van der Waals surface area contributed by atoms with Gasteiger partial charge in [0, 0.05) is 63.1 Å². The average molecular weight is 584 g/mol. The molecule has 14 nitrogen and oxygen atoms in total. The van der Waals surface area contributed by atoms with Gasteiger partial charge in [0.1, 0.15) is 0 Å². The summed E-state index contributed by atoms with van der Waals surface area (Å²) in [6, 6.07) is 0. The Labute approximate surface area is 226 Å². The first-order valence-electron chi connectivity index (χ1n) is 11.9. The van der Waals surface area contributed by atoms with E-state index < -0.39 is 20.9 Å². The van der Waals surface area contributed by atoms with Crippen molar-refractivity contribution in [2.45, 2.75) is 13.5 Å². The maximum Gasteiger partial charge on any atom is 0.259 e. The van der Waals surface area contributed by atoms with Gasteiger partial charge in [-0.3, -0.25) is 4.90 Å². The molecular formula is C21H29N9O5S3. The number of morpholine rings is 1. The van der Waals surface area contributed by atoms with E-state index in [0.29, 0.717) is 70.4 Å². The number of anilines is 1. The molecule has 0 aliphatic carbocycles. The van der Waals surface area contributed by atoms with Crippen molar-refractivity contribution in [1.82, 2.24) is 29.1 Å². The Kier molecular flexibility index (Phi) is 8.15. The highest BCUT2D eigenvalue weighted by atomic mass is 32.2. The van der Waals surface area contributed by atoms with Gasteiger partial charge in [0.2, 0.25) is 10.0 Å². The van der Waals surface area contributed by atoms with Crippen LogP contribution in [0.1, 0.15) is 10.4 Å². The average Bonchev–Trinajstić information content (AvgIpc) is 3.23. The molecule has 17 heteroatoms.